The van der Waals surface area contributed by atoms with Crippen LogP contribution in [0.3, 0.4) is 0 Å². The molecule has 0 aliphatic heterocycles. The third-order valence-corrected chi connectivity index (χ3v) is 4.38. The van der Waals surface area contributed by atoms with E-state index in [0.717, 1.165) is 31.5 Å². The van der Waals surface area contributed by atoms with Crippen LogP contribution in [0.25, 0.3) is 0 Å². The van der Waals surface area contributed by atoms with Crippen molar-refractivity contribution in [2.45, 2.75) is 45.8 Å². The van der Waals surface area contributed by atoms with Crippen LogP contribution >= 0.6 is 15.9 Å². The molecule has 0 amide bonds. The molecule has 0 aromatic carbocycles. The molecule has 0 saturated heterocycles. The van der Waals surface area contributed by atoms with Crippen LogP contribution in [0, 0.1) is 11.8 Å². The van der Waals surface area contributed by atoms with E-state index in [9.17, 15) is 9.90 Å². The van der Waals surface area contributed by atoms with Crippen LogP contribution in [-0.4, -0.2) is 27.5 Å². The van der Waals surface area contributed by atoms with Gasteiger partial charge < -0.3 is 10.4 Å². The van der Waals surface area contributed by atoms with Crippen molar-refractivity contribution < 1.29 is 5.11 Å². The van der Waals surface area contributed by atoms with Crippen LogP contribution < -0.4 is 10.9 Å². The molecule has 1 heterocycles. The number of aromatic nitrogens is 2. The van der Waals surface area contributed by atoms with Crippen molar-refractivity contribution >= 4 is 21.6 Å². The number of nitrogens with zero attached hydrogens (tertiary/aromatic N) is 2. The Morgan fingerprint density at radius 3 is 2.90 bits per heavy atom. The van der Waals surface area contributed by atoms with E-state index >= 15 is 0 Å². The first-order chi connectivity index (χ1) is 9.47. The Balaban J connectivity index is 2.02. The maximum atomic E-state index is 12.1. The Bertz CT molecular complexity index is 516. The molecule has 2 rings (SSSR count). The molecule has 112 valence electrons. The summed E-state index contributed by atoms with van der Waals surface area (Å²) in [6, 6.07) is 0. The van der Waals surface area contributed by atoms with Crippen molar-refractivity contribution in [2.24, 2.45) is 11.8 Å². The highest BCUT2D eigenvalue weighted by atomic mass is 79.9. The van der Waals surface area contributed by atoms with Gasteiger partial charge >= 0.3 is 0 Å². The summed E-state index contributed by atoms with van der Waals surface area (Å²) in [7, 11) is 0. The maximum absolute atomic E-state index is 12.1. The first kappa shape index (κ1) is 15.5. The Hall–Kier alpha value is -0.880. The molecular formula is C14H22BrN3O2. The van der Waals surface area contributed by atoms with Gasteiger partial charge in [-0.05, 0) is 47.0 Å². The minimum Gasteiger partial charge on any atom is -0.393 e. The Kier molecular flexibility index (Phi) is 5.21. The fourth-order valence-electron chi connectivity index (χ4n) is 2.55. The number of hydrogen-bond donors (Lipinski definition) is 2. The first-order valence-electron chi connectivity index (χ1n) is 7.15. The van der Waals surface area contributed by atoms with Crippen LogP contribution in [0.15, 0.2) is 15.5 Å². The molecule has 5 nitrogen and oxygen atoms in total. The van der Waals surface area contributed by atoms with Gasteiger partial charge in [0.05, 0.1) is 18.0 Å². The zero-order chi connectivity index (χ0) is 14.7. The molecule has 2 unspecified atom stereocenters. The molecule has 1 aromatic heterocycles. The van der Waals surface area contributed by atoms with Crippen LogP contribution in [0.4, 0.5) is 5.69 Å². The number of anilines is 1. The zero-order valence-corrected chi connectivity index (χ0v) is 13.6. The van der Waals surface area contributed by atoms with Gasteiger partial charge in [-0.15, -0.1) is 0 Å². The van der Waals surface area contributed by atoms with Crippen molar-refractivity contribution in [3.63, 3.8) is 0 Å². The van der Waals surface area contributed by atoms with Gasteiger partial charge in [-0.25, -0.2) is 4.68 Å². The van der Waals surface area contributed by atoms with E-state index in [1.807, 2.05) is 0 Å². The minimum absolute atomic E-state index is 0.102. The molecule has 2 atom stereocenters. The number of nitrogens with one attached hydrogen (secondary N) is 1. The second-order valence-electron chi connectivity index (χ2n) is 5.97. The Morgan fingerprint density at radius 2 is 2.30 bits per heavy atom. The van der Waals surface area contributed by atoms with Crippen molar-refractivity contribution in [1.29, 1.82) is 0 Å². The molecule has 1 aromatic rings. The predicted octanol–water partition coefficient (Wildman–Crippen LogP) is 2.23. The second-order valence-corrected chi connectivity index (χ2v) is 6.76. The van der Waals surface area contributed by atoms with Gasteiger partial charge in [0, 0.05) is 13.1 Å². The molecule has 1 aliphatic rings. The predicted molar refractivity (Wildman–Crippen MR) is 82.9 cm³/mol. The number of aliphatic hydroxyl groups is 1. The highest BCUT2D eigenvalue weighted by molar-refractivity contribution is 9.10. The molecule has 0 bridgehead atoms. The summed E-state index contributed by atoms with van der Waals surface area (Å²) in [5, 5.41) is 17.0. The molecular weight excluding hydrogens is 322 g/mol. The van der Waals surface area contributed by atoms with Crippen LogP contribution in [0.1, 0.15) is 33.1 Å². The Morgan fingerprint density at radius 1 is 1.55 bits per heavy atom. The van der Waals surface area contributed by atoms with E-state index in [2.05, 4.69) is 40.2 Å². The average molecular weight is 344 g/mol. The highest BCUT2D eigenvalue weighted by Gasteiger charge is 2.22. The van der Waals surface area contributed by atoms with E-state index in [-0.39, 0.29) is 11.7 Å². The van der Waals surface area contributed by atoms with E-state index in [4.69, 9.17) is 0 Å². The van der Waals surface area contributed by atoms with E-state index in [0.29, 0.717) is 22.9 Å². The highest BCUT2D eigenvalue weighted by Crippen LogP contribution is 2.26. The van der Waals surface area contributed by atoms with Gasteiger partial charge in [0.25, 0.3) is 5.56 Å². The third kappa shape index (κ3) is 3.82. The standard InChI is InChI=1S/C14H22BrN3O2/c1-9(2)8-18-14(20)13(15)12(7-17-18)16-6-10-3-4-11(19)5-10/h7,9-11,16,19H,3-6,8H2,1-2H3. The van der Waals surface area contributed by atoms with Gasteiger partial charge in [-0.1, -0.05) is 13.8 Å². The van der Waals surface area contributed by atoms with Crippen molar-refractivity contribution in [3.8, 4) is 0 Å². The third-order valence-electron chi connectivity index (χ3n) is 3.62. The summed E-state index contributed by atoms with van der Waals surface area (Å²) in [4.78, 5) is 12.1. The summed E-state index contributed by atoms with van der Waals surface area (Å²) < 4.78 is 2.02. The molecule has 6 heteroatoms. The molecule has 0 radical (unpaired) electrons. The second kappa shape index (κ2) is 6.72. The average Bonchev–Trinajstić information content (AvgIpc) is 2.79. The summed E-state index contributed by atoms with van der Waals surface area (Å²) in [5.74, 6) is 0.848. The normalized spacial score (nSPS) is 22.4. The van der Waals surface area contributed by atoms with Crippen LogP contribution in [0.5, 0.6) is 0 Å². The summed E-state index contributed by atoms with van der Waals surface area (Å²) in [5.41, 5.74) is 0.631. The first-order valence-corrected chi connectivity index (χ1v) is 7.94. The molecule has 20 heavy (non-hydrogen) atoms. The largest absolute Gasteiger partial charge is 0.393 e. The molecule has 0 spiro atoms. The maximum Gasteiger partial charge on any atom is 0.283 e. The van der Waals surface area contributed by atoms with Crippen molar-refractivity contribution in [1.82, 2.24) is 9.78 Å². The number of rotatable bonds is 5. The quantitative estimate of drug-likeness (QED) is 0.860. The van der Waals surface area contributed by atoms with Gasteiger partial charge in [0.2, 0.25) is 0 Å². The van der Waals surface area contributed by atoms with Crippen LogP contribution in [0.2, 0.25) is 0 Å². The van der Waals surface area contributed by atoms with Crippen LogP contribution in [-0.2, 0) is 6.54 Å². The van der Waals surface area contributed by atoms with E-state index in [1.165, 1.54) is 4.68 Å². The van der Waals surface area contributed by atoms with E-state index in [1.54, 1.807) is 6.20 Å². The van der Waals surface area contributed by atoms with E-state index < -0.39 is 0 Å². The van der Waals surface area contributed by atoms with Crippen molar-refractivity contribution in [2.75, 3.05) is 11.9 Å². The summed E-state index contributed by atoms with van der Waals surface area (Å²) >= 11 is 3.36. The molecule has 1 aliphatic carbocycles. The SMILES string of the molecule is CC(C)Cn1ncc(NCC2CCC(O)C2)c(Br)c1=O. The van der Waals surface area contributed by atoms with Gasteiger partial charge in [0.15, 0.2) is 0 Å². The minimum atomic E-state index is -0.164. The number of halogens is 1. The fraction of sp³-hybridized carbons (Fsp3) is 0.714. The summed E-state index contributed by atoms with van der Waals surface area (Å²) in [6.45, 7) is 5.50. The zero-order valence-electron chi connectivity index (χ0n) is 12.0. The lowest BCUT2D eigenvalue weighted by Gasteiger charge is -2.14. The van der Waals surface area contributed by atoms with Crippen molar-refractivity contribution in [3.05, 3.63) is 21.0 Å². The lowest BCUT2D eigenvalue weighted by molar-refractivity contribution is 0.178. The number of aliphatic hydroxyl groups excluding tert-OH is 1. The topological polar surface area (TPSA) is 67.2 Å². The molecule has 1 saturated carbocycles. The lowest BCUT2D eigenvalue weighted by atomic mass is 10.1. The van der Waals surface area contributed by atoms with Gasteiger partial charge in [-0.3, -0.25) is 4.79 Å². The monoisotopic (exact) mass is 343 g/mol. The fourth-order valence-corrected chi connectivity index (χ4v) is 3.00. The molecule has 1 fully saturated rings. The van der Waals surface area contributed by atoms with Gasteiger partial charge in [0.1, 0.15) is 4.47 Å². The Labute approximate surface area is 127 Å². The smallest absolute Gasteiger partial charge is 0.283 e. The molecule has 2 N–H and O–H groups in total. The lowest BCUT2D eigenvalue weighted by Crippen LogP contribution is -2.27. The number of hydrogen-bond acceptors (Lipinski definition) is 4. The summed E-state index contributed by atoms with van der Waals surface area (Å²) in [6.07, 6.45) is 4.27. The van der Waals surface area contributed by atoms with Gasteiger partial charge in [-0.2, -0.15) is 5.10 Å².